The molecule has 9 heteroatoms. The van der Waals surface area contributed by atoms with Crippen LogP contribution in [0.25, 0.3) is 10.9 Å². The number of hydrazone groups is 1. The molecule has 3 amide bonds. The third kappa shape index (κ3) is 7.26. The van der Waals surface area contributed by atoms with Crippen LogP contribution in [-0.2, 0) is 11.8 Å². The number of benzene rings is 2. The van der Waals surface area contributed by atoms with Gasteiger partial charge in [-0.3, -0.25) is 14.4 Å². The molecule has 1 aromatic heterocycles. The van der Waals surface area contributed by atoms with Crippen molar-refractivity contribution in [2.75, 3.05) is 0 Å². The van der Waals surface area contributed by atoms with Crippen molar-refractivity contribution >= 4 is 46.4 Å². The average molecular weight is 550 g/mol. The van der Waals surface area contributed by atoms with Gasteiger partial charge in [-0.05, 0) is 61.6 Å². The Kier molecular flexibility index (Phi) is 9.41. The van der Waals surface area contributed by atoms with Crippen molar-refractivity contribution in [1.29, 1.82) is 0 Å². The van der Waals surface area contributed by atoms with Crippen LogP contribution in [0, 0.1) is 11.8 Å². The van der Waals surface area contributed by atoms with Gasteiger partial charge >= 0.3 is 0 Å². The summed E-state index contributed by atoms with van der Waals surface area (Å²) in [6.45, 7) is 4.12. The van der Waals surface area contributed by atoms with Gasteiger partial charge in [-0.1, -0.05) is 56.5 Å². The first kappa shape index (κ1) is 28.4. The predicted molar refractivity (Wildman–Crippen MR) is 155 cm³/mol. The van der Waals surface area contributed by atoms with Crippen molar-refractivity contribution in [3.05, 3.63) is 70.9 Å². The van der Waals surface area contributed by atoms with E-state index < -0.39 is 0 Å². The zero-order valence-electron chi connectivity index (χ0n) is 22.6. The third-order valence-corrected chi connectivity index (χ3v) is 7.44. The fourth-order valence-corrected chi connectivity index (χ4v) is 5.30. The summed E-state index contributed by atoms with van der Waals surface area (Å²) in [5.74, 6) is -0.700. The highest BCUT2D eigenvalue weighted by atomic mass is 35.5. The molecule has 1 saturated carbocycles. The first-order valence-electron chi connectivity index (χ1n) is 13.5. The van der Waals surface area contributed by atoms with Crippen molar-refractivity contribution in [3.63, 3.8) is 0 Å². The summed E-state index contributed by atoms with van der Waals surface area (Å²) < 4.78 is 1.88. The molecule has 0 radical (unpaired) electrons. The van der Waals surface area contributed by atoms with Crippen LogP contribution in [0.2, 0.25) is 5.02 Å². The normalized spacial score (nSPS) is 18.3. The molecule has 2 aromatic carbocycles. The van der Waals surface area contributed by atoms with E-state index in [9.17, 15) is 14.4 Å². The Morgan fingerprint density at radius 3 is 2.49 bits per heavy atom. The summed E-state index contributed by atoms with van der Waals surface area (Å²) in [6, 6.07) is 15.7. The Labute approximate surface area is 234 Å². The van der Waals surface area contributed by atoms with Crippen LogP contribution in [0.3, 0.4) is 0 Å². The molecule has 206 valence electrons. The Balaban J connectivity index is 1.41. The number of aryl methyl sites for hydroxylation is 1. The van der Waals surface area contributed by atoms with Crippen LogP contribution in [0.4, 0.5) is 0 Å². The Morgan fingerprint density at radius 1 is 1.05 bits per heavy atom. The molecule has 1 fully saturated rings. The quantitative estimate of drug-likeness (QED) is 0.256. The maximum atomic E-state index is 13.4. The van der Waals surface area contributed by atoms with Crippen LogP contribution in [0.5, 0.6) is 0 Å². The first-order valence-corrected chi connectivity index (χ1v) is 13.9. The van der Waals surface area contributed by atoms with Gasteiger partial charge in [-0.2, -0.15) is 5.10 Å². The highest BCUT2D eigenvalue weighted by Gasteiger charge is 2.33. The van der Waals surface area contributed by atoms with Gasteiger partial charge in [0.1, 0.15) is 5.69 Å². The number of carbonyl (C=O) groups is 3. The summed E-state index contributed by atoms with van der Waals surface area (Å²) in [6.07, 6.45) is 5.55. The van der Waals surface area contributed by atoms with Crippen molar-refractivity contribution in [1.82, 2.24) is 20.6 Å². The molecule has 3 N–H and O–H groups in total. The summed E-state index contributed by atoms with van der Waals surface area (Å²) in [5, 5.41) is 11.9. The Morgan fingerprint density at radius 2 is 1.77 bits per heavy atom. The number of hydrogen-bond donors (Lipinski definition) is 3. The van der Waals surface area contributed by atoms with E-state index in [0.717, 1.165) is 30.2 Å². The van der Waals surface area contributed by atoms with Crippen LogP contribution >= 0.6 is 11.6 Å². The maximum Gasteiger partial charge on any atom is 0.271 e. The molecule has 3 aromatic rings. The number of rotatable bonds is 9. The van der Waals surface area contributed by atoms with Gasteiger partial charge in [0.25, 0.3) is 11.8 Å². The van der Waals surface area contributed by atoms with Crippen molar-refractivity contribution in [3.8, 4) is 0 Å². The highest BCUT2D eigenvalue weighted by Crippen LogP contribution is 2.26. The Bertz CT molecular complexity index is 1350. The SMILES string of the molecule is CC(C)CC(/C=N/NC(=O)c1ccc(Cl)cc1)NC(=O)[C@@H]1CCCC[C@@H]1NC(=O)c1cc2ccccc2n1C. The van der Waals surface area contributed by atoms with Gasteiger partial charge in [0.15, 0.2) is 0 Å². The molecule has 0 bridgehead atoms. The lowest BCUT2D eigenvalue weighted by Crippen LogP contribution is -2.51. The van der Waals surface area contributed by atoms with Crippen molar-refractivity contribution in [2.24, 2.45) is 24.0 Å². The topological polar surface area (TPSA) is 105 Å². The number of carbonyl (C=O) groups excluding carboxylic acids is 3. The fourth-order valence-electron chi connectivity index (χ4n) is 5.17. The molecular formula is C30H36ClN5O3. The second-order valence-electron chi connectivity index (χ2n) is 10.6. The largest absolute Gasteiger partial charge is 0.348 e. The molecule has 0 aliphatic heterocycles. The van der Waals surface area contributed by atoms with E-state index in [0.29, 0.717) is 35.0 Å². The van der Waals surface area contributed by atoms with E-state index in [2.05, 4.69) is 35.0 Å². The van der Waals surface area contributed by atoms with Crippen molar-refractivity contribution < 1.29 is 14.4 Å². The van der Waals surface area contributed by atoms with Crippen LogP contribution in [-0.4, -0.2) is 40.6 Å². The molecule has 8 nitrogen and oxygen atoms in total. The van der Waals surface area contributed by atoms with E-state index in [-0.39, 0.29) is 35.7 Å². The number of nitrogens with zero attached hydrogens (tertiary/aromatic N) is 2. The second kappa shape index (κ2) is 12.9. The number of halogens is 1. The lowest BCUT2D eigenvalue weighted by Gasteiger charge is -2.32. The number of aromatic nitrogens is 1. The molecule has 1 aliphatic rings. The molecular weight excluding hydrogens is 514 g/mol. The number of amides is 3. The van der Waals surface area contributed by atoms with E-state index in [1.165, 1.54) is 0 Å². The van der Waals surface area contributed by atoms with E-state index in [1.807, 2.05) is 41.9 Å². The summed E-state index contributed by atoms with van der Waals surface area (Å²) in [7, 11) is 1.88. The molecule has 0 saturated heterocycles. The number of fused-ring (bicyclic) bond motifs is 1. The highest BCUT2D eigenvalue weighted by molar-refractivity contribution is 6.30. The van der Waals surface area contributed by atoms with Gasteiger partial charge in [-0.25, -0.2) is 5.43 Å². The number of para-hydroxylation sites is 1. The van der Waals surface area contributed by atoms with Gasteiger partial charge in [-0.15, -0.1) is 0 Å². The minimum atomic E-state index is -0.362. The van der Waals surface area contributed by atoms with Crippen LogP contribution in [0.15, 0.2) is 59.7 Å². The smallest absolute Gasteiger partial charge is 0.271 e. The molecule has 1 unspecified atom stereocenters. The molecule has 39 heavy (non-hydrogen) atoms. The molecule has 1 aliphatic carbocycles. The lowest BCUT2D eigenvalue weighted by molar-refractivity contribution is -0.127. The fraction of sp³-hybridized carbons (Fsp3) is 0.400. The average Bonchev–Trinajstić information content (AvgIpc) is 3.25. The number of nitrogens with one attached hydrogen (secondary N) is 3. The van der Waals surface area contributed by atoms with E-state index in [4.69, 9.17) is 11.6 Å². The minimum Gasteiger partial charge on any atom is -0.348 e. The summed E-state index contributed by atoms with van der Waals surface area (Å²) in [5.41, 5.74) is 4.52. The molecule has 0 spiro atoms. The monoisotopic (exact) mass is 549 g/mol. The molecule has 4 rings (SSSR count). The zero-order chi connectivity index (χ0) is 27.9. The zero-order valence-corrected chi connectivity index (χ0v) is 23.4. The lowest BCUT2D eigenvalue weighted by atomic mass is 9.83. The van der Waals surface area contributed by atoms with Crippen LogP contribution < -0.4 is 16.1 Å². The first-order chi connectivity index (χ1) is 18.7. The summed E-state index contributed by atoms with van der Waals surface area (Å²) in [4.78, 5) is 39.1. The van der Waals surface area contributed by atoms with Crippen LogP contribution in [0.1, 0.15) is 66.8 Å². The van der Waals surface area contributed by atoms with E-state index in [1.54, 1.807) is 30.5 Å². The Hall–Kier alpha value is -3.65. The minimum absolute atomic E-state index is 0.113. The molecule has 3 atom stereocenters. The van der Waals surface area contributed by atoms with Gasteiger partial charge in [0, 0.05) is 40.8 Å². The third-order valence-electron chi connectivity index (χ3n) is 7.18. The van der Waals surface area contributed by atoms with Gasteiger partial charge in [0.2, 0.25) is 5.91 Å². The second-order valence-corrected chi connectivity index (χ2v) is 11.0. The van der Waals surface area contributed by atoms with Gasteiger partial charge in [0.05, 0.1) is 12.0 Å². The van der Waals surface area contributed by atoms with Crippen molar-refractivity contribution in [2.45, 2.75) is 58.0 Å². The van der Waals surface area contributed by atoms with Gasteiger partial charge < -0.3 is 15.2 Å². The standard InChI is InChI=1S/C30H36ClN5O3/c1-19(2)16-23(18-32-35-28(37)20-12-14-22(31)15-13-20)33-29(38)24-9-5-6-10-25(24)34-30(39)27-17-21-8-4-7-11-26(21)36(27)3/h4,7-8,11-15,17-19,23-25H,5-6,9-10,16H2,1-3H3,(H,33,38)(H,34,39)(H,35,37)/b32-18+/t23?,24-,25+/m1/s1. The maximum absolute atomic E-state index is 13.4. The number of hydrogen-bond acceptors (Lipinski definition) is 4. The predicted octanol–water partition coefficient (Wildman–Crippen LogP) is 5.07. The van der Waals surface area contributed by atoms with E-state index >= 15 is 0 Å². The molecule has 1 heterocycles. The summed E-state index contributed by atoms with van der Waals surface area (Å²) >= 11 is 5.89.